The minimum absolute atomic E-state index is 0.112. The third-order valence-electron chi connectivity index (χ3n) is 3.95. The fraction of sp³-hybridized carbons (Fsp3) is 0.235. The van der Waals surface area contributed by atoms with Crippen LogP contribution in [0.1, 0.15) is 46.7 Å². The van der Waals surface area contributed by atoms with E-state index in [0.717, 1.165) is 18.4 Å². The molecule has 0 bridgehead atoms. The lowest BCUT2D eigenvalue weighted by molar-refractivity contribution is 0.103. The maximum atomic E-state index is 13.6. The number of hydrogen-bond donors (Lipinski definition) is 0. The largest absolute Gasteiger partial charge is 0.289 e. The molecule has 0 heterocycles. The summed E-state index contributed by atoms with van der Waals surface area (Å²) in [6.45, 7) is 0. The van der Waals surface area contributed by atoms with Crippen LogP contribution in [0, 0.1) is 5.82 Å². The Morgan fingerprint density at radius 1 is 1.05 bits per heavy atom. The van der Waals surface area contributed by atoms with Gasteiger partial charge in [-0.15, -0.1) is 0 Å². The average Bonchev–Trinajstić information content (AvgIpc) is 2.40. The van der Waals surface area contributed by atoms with Crippen LogP contribution in [0.3, 0.4) is 0 Å². The molecule has 1 aliphatic carbocycles. The normalized spacial score (nSPS) is 14.9. The number of halogens is 2. The van der Waals surface area contributed by atoms with Crippen molar-refractivity contribution in [2.24, 2.45) is 0 Å². The van der Waals surface area contributed by atoms with Gasteiger partial charge in [0.2, 0.25) is 0 Å². The molecule has 0 spiro atoms. The van der Waals surface area contributed by atoms with Gasteiger partial charge >= 0.3 is 0 Å². The molecule has 102 valence electrons. The highest BCUT2D eigenvalue weighted by molar-refractivity contribution is 9.10. The van der Waals surface area contributed by atoms with Gasteiger partial charge in [-0.05, 0) is 52.4 Å². The van der Waals surface area contributed by atoms with E-state index in [9.17, 15) is 9.18 Å². The fourth-order valence-corrected chi connectivity index (χ4v) is 3.05. The predicted molar refractivity (Wildman–Crippen MR) is 80.6 cm³/mol. The Bertz CT molecular complexity index is 662. The molecule has 0 radical (unpaired) electrons. The summed E-state index contributed by atoms with van der Waals surface area (Å²) in [5, 5.41) is 0. The highest BCUT2D eigenvalue weighted by atomic mass is 79.9. The number of rotatable bonds is 3. The molecule has 1 saturated carbocycles. The summed E-state index contributed by atoms with van der Waals surface area (Å²) in [6.07, 6.45) is 3.49. The van der Waals surface area contributed by atoms with Gasteiger partial charge in [-0.1, -0.05) is 36.8 Å². The van der Waals surface area contributed by atoms with Gasteiger partial charge < -0.3 is 0 Å². The van der Waals surface area contributed by atoms with Crippen LogP contribution >= 0.6 is 15.9 Å². The van der Waals surface area contributed by atoms with Gasteiger partial charge in [0.25, 0.3) is 0 Å². The topological polar surface area (TPSA) is 17.1 Å². The zero-order valence-electron chi connectivity index (χ0n) is 10.9. The molecule has 3 heteroatoms. The zero-order chi connectivity index (χ0) is 14.1. The molecule has 0 unspecified atom stereocenters. The summed E-state index contributed by atoms with van der Waals surface area (Å²) < 4.78 is 13.8. The van der Waals surface area contributed by atoms with Gasteiger partial charge in [-0.3, -0.25) is 4.79 Å². The molecule has 0 aromatic heterocycles. The highest BCUT2D eigenvalue weighted by Crippen LogP contribution is 2.38. The van der Waals surface area contributed by atoms with Crippen LogP contribution in [0.25, 0.3) is 0 Å². The lowest BCUT2D eigenvalue weighted by Gasteiger charge is -2.27. The molecule has 1 fully saturated rings. The van der Waals surface area contributed by atoms with E-state index in [1.54, 1.807) is 12.1 Å². The molecule has 2 aromatic carbocycles. The van der Waals surface area contributed by atoms with Crippen LogP contribution in [0.4, 0.5) is 4.39 Å². The van der Waals surface area contributed by atoms with Crippen LogP contribution < -0.4 is 0 Å². The maximum absolute atomic E-state index is 13.6. The van der Waals surface area contributed by atoms with E-state index in [2.05, 4.69) is 15.9 Å². The van der Waals surface area contributed by atoms with Gasteiger partial charge in [0.05, 0.1) is 4.47 Å². The summed E-state index contributed by atoms with van der Waals surface area (Å²) >= 11 is 3.17. The standard InChI is InChI=1S/C17H14BrFO/c18-16-14(9-4-10-15(16)19)17(20)13-8-2-1-7-12(13)11-5-3-6-11/h1-2,4,7-11H,3,5-6H2. The Kier molecular flexibility index (Phi) is 3.70. The van der Waals surface area contributed by atoms with Crippen molar-refractivity contribution in [3.05, 3.63) is 69.4 Å². The molecule has 1 aliphatic rings. The first-order valence-electron chi connectivity index (χ1n) is 6.76. The van der Waals surface area contributed by atoms with Crippen molar-refractivity contribution < 1.29 is 9.18 Å². The first-order chi connectivity index (χ1) is 9.68. The van der Waals surface area contributed by atoms with Crippen LogP contribution in [0.15, 0.2) is 46.9 Å². The minimum Gasteiger partial charge on any atom is -0.289 e. The molecule has 20 heavy (non-hydrogen) atoms. The zero-order valence-corrected chi connectivity index (χ0v) is 12.5. The summed E-state index contributed by atoms with van der Waals surface area (Å²) in [7, 11) is 0. The van der Waals surface area contributed by atoms with Gasteiger partial charge in [-0.2, -0.15) is 0 Å². The Balaban J connectivity index is 2.04. The molecule has 0 aliphatic heterocycles. The van der Waals surface area contributed by atoms with Crippen molar-refractivity contribution in [2.45, 2.75) is 25.2 Å². The van der Waals surface area contributed by atoms with E-state index in [-0.39, 0.29) is 10.3 Å². The number of carbonyl (C=O) groups excluding carboxylic acids is 1. The van der Waals surface area contributed by atoms with E-state index < -0.39 is 5.82 Å². The summed E-state index contributed by atoms with van der Waals surface area (Å²) in [5.74, 6) is -0.0432. The molecule has 0 atom stereocenters. The third kappa shape index (κ3) is 2.31. The second-order valence-corrected chi connectivity index (χ2v) is 5.94. The van der Waals surface area contributed by atoms with Crippen LogP contribution in [-0.4, -0.2) is 5.78 Å². The lowest BCUT2D eigenvalue weighted by atomic mass is 9.77. The van der Waals surface area contributed by atoms with Gasteiger partial charge in [-0.25, -0.2) is 4.39 Å². The number of ketones is 1. The molecule has 3 rings (SSSR count). The second kappa shape index (κ2) is 5.49. The number of hydrogen-bond acceptors (Lipinski definition) is 1. The van der Waals surface area contributed by atoms with Crippen molar-refractivity contribution >= 4 is 21.7 Å². The quantitative estimate of drug-likeness (QED) is 0.716. The molecule has 0 N–H and O–H groups in total. The van der Waals surface area contributed by atoms with E-state index >= 15 is 0 Å². The Morgan fingerprint density at radius 3 is 2.45 bits per heavy atom. The van der Waals surface area contributed by atoms with Gasteiger partial charge in [0, 0.05) is 11.1 Å². The lowest BCUT2D eigenvalue weighted by Crippen LogP contribution is -2.14. The Labute approximate surface area is 126 Å². The first kappa shape index (κ1) is 13.5. The van der Waals surface area contributed by atoms with E-state index in [4.69, 9.17) is 0 Å². The summed E-state index contributed by atoms with van der Waals surface area (Å²) in [5.41, 5.74) is 2.18. The van der Waals surface area contributed by atoms with E-state index in [1.165, 1.54) is 12.5 Å². The monoisotopic (exact) mass is 332 g/mol. The molecular weight excluding hydrogens is 319 g/mol. The summed E-state index contributed by atoms with van der Waals surface area (Å²) in [6, 6.07) is 12.3. The molecule has 2 aromatic rings. The SMILES string of the molecule is O=C(c1ccccc1C1CCC1)c1cccc(F)c1Br. The first-order valence-corrected chi connectivity index (χ1v) is 7.55. The van der Waals surface area contributed by atoms with Crippen molar-refractivity contribution in [3.63, 3.8) is 0 Å². The average molecular weight is 333 g/mol. The number of benzene rings is 2. The third-order valence-corrected chi connectivity index (χ3v) is 4.75. The molecule has 0 saturated heterocycles. The van der Waals surface area contributed by atoms with Crippen LogP contribution in [0.2, 0.25) is 0 Å². The Morgan fingerprint density at radius 2 is 1.75 bits per heavy atom. The van der Waals surface area contributed by atoms with E-state index in [0.29, 0.717) is 17.0 Å². The molecular formula is C17H14BrFO. The van der Waals surface area contributed by atoms with Gasteiger partial charge in [0.1, 0.15) is 5.82 Å². The molecule has 1 nitrogen and oxygen atoms in total. The van der Waals surface area contributed by atoms with E-state index in [1.807, 2.05) is 24.3 Å². The minimum atomic E-state index is -0.406. The maximum Gasteiger partial charge on any atom is 0.194 e. The summed E-state index contributed by atoms with van der Waals surface area (Å²) in [4.78, 5) is 12.7. The highest BCUT2D eigenvalue weighted by Gasteiger charge is 2.25. The Hall–Kier alpha value is -1.48. The van der Waals surface area contributed by atoms with Crippen LogP contribution in [-0.2, 0) is 0 Å². The van der Waals surface area contributed by atoms with Crippen molar-refractivity contribution in [1.29, 1.82) is 0 Å². The second-order valence-electron chi connectivity index (χ2n) is 5.15. The number of carbonyl (C=O) groups is 1. The van der Waals surface area contributed by atoms with Crippen molar-refractivity contribution in [2.75, 3.05) is 0 Å². The van der Waals surface area contributed by atoms with Gasteiger partial charge in [0.15, 0.2) is 5.78 Å². The predicted octanol–water partition coefficient (Wildman–Crippen LogP) is 5.09. The van der Waals surface area contributed by atoms with Crippen molar-refractivity contribution in [1.82, 2.24) is 0 Å². The van der Waals surface area contributed by atoms with Crippen LogP contribution in [0.5, 0.6) is 0 Å². The van der Waals surface area contributed by atoms with Crippen molar-refractivity contribution in [3.8, 4) is 0 Å². The molecule has 0 amide bonds. The fourth-order valence-electron chi connectivity index (χ4n) is 2.60. The smallest absolute Gasteiger partial charge is 0.194 e.